The standard InChI is InChI=1S/C23H24N2O/c1-22(2)11-6-12-25(3)23(22)15-24-21-19-14-17-8-5-4-7-16(17)13-18(19)9-10-20(21)26-23/h4-5,7-10,13-15H,6,11-12H2,1-3H3. The van der Waals surface area contributed by atoms with Gasteiger partial charge in [-0.25, -0.2) is 0 Å². The van der Waals surface area contributed by atoms with Crippen molar-refractivity contribution in [3.8, 4) is 5.75 Å². The zero-order chi connectivity index (χ0) is 17.9. The molecule has 3 aromatic carbocycles. The van der Waals surface area contributed by atoms with Crippen LogP contribution in [0.1, 0.15) is 26.7 Å². The topological polar surface area (TPSA) is 24.8 Å². The molecule has 0 saturated carbocycles. The van der Waals surface area contributed by atoms with Crippen molar-refractivity contribution < 1.29 is 4.74 Å². The second kappa shape index (κ2) is 5.31. The van der Waals surface area contributed by atoms with Crippen LogP contribution in [0.5, 0.6) is 5.75 Å². The number of benzene rings is 3. The van der Waals surface area contributed by atoms with E-state index in [2.05, 4.69) is 74.3 Å². The molecule has 132 valence electrons. The third kappa shape index (κ3) is 2.07. The average molecular weight is 344 g/mol. The maximum atomic E-state index is 6.68. The van der Waals surface area contributed by atoms with E-state index in [1.807, 2.05) is 6.21 Å². The van der Waals surface area contributed by atoms with Crippen LogP contribution in [-0.2, 0) is 0 Å². The van der Waals surface area contributed by atoms with E-state index in [9.17, 15) is 0 Å². The van der Waals surface area contributed by atoms with Gasteiger partial charge in [-0.2, -0.15) is 0 Å². The molecule has 0 aromatic heterocycles. The maximum Gasteiger partial charge on any atom is 0.204 e. The molecular weight excluding hydrogens is 320 g/mol. The number of aliphatic imine (C=N–C) groups is 1. The summed E-state index contributed by atoms with van der Waals surface area (Å²) in [5, 5.41) is 4.85. The number of hydrogen-bond acceptors (Lipinski definition) is 3. The molecule has 0 N–H and O–H groups in total. The third-order valence-electron chi connectivity index (χ3n) is 6.29. The van der Waals surface area contributed by atoms with Crippen LogP contribution in [0, 0.1) is 5.41 Å². The van der Waals surface area contributed by atoms with Gasteiger partial charge in [0.25, 0.3) is 0 Å². The van der Waals surface area contributed by atoms with Crippen LogP contribution >= 0.6 is 0 Å². The molecule has 0 amide bonds. The lowest BCUT2D eigenvalue weighted by atomic mass is 9.73. The first kappa shape index (κ1) is 15.8. The van der Waals surface area contributed by atoms with Gasteiger partial charge in [0.15, 0.2) is 0 Å². The first-order valence-corrected chi connectivity index (χ1v) is 9.41. The molecule has 1 saturated heterocycles. The van der Waals surface area contributed by atoms with E-state index in [1.54, 1.807) is 0 Å². The lowest BCUT2D eigenvalue weighted by Gasteiger charge is -2.53. The second-order valence-corrected chi connectivity index (χ2v) is 8.30. The Labute approximate surface area is 154 Å². The van der Waals surface area contributed by atoms with E-state index in [0.717, 1.165) is 29.8 Å². The van der Waals surface area contributed by atoms with Crippen LogP contribution < -0.4 is 4.74 Å². The predicted octanol–water partition coefficient (Wildman–Crippen LogP) is 5.54. The van der Waals surface area contributed by atoms with Gasteiger partial charge in [-0.05, 0) is 54.2 Å². The molecule has 2 aliphatic heterocycles. The highest BCUT2D eigenvalue weighted by atomic mass is 16.5. The van der Waals surface area contributed by atoms with Gasteiger partial charge in [-0.15, -0.1) is 0 Å². The first-order valence-electron chi connectivity index (χ1n) is 9.41. The Morgan fingerprint density at radius 1 is 1.00 bits per heavy atom. The zero-order valence-electron chi connectivity index (χ0n) is 15.6. The maximum absolute atomic E-state index is 6.68. The van der Waals surface area contributed by atoms with Crippen molar-refractivity contribution in [2.75, 3.05) is 13.6 Å². The Balaban J connectivity index is 1.71. The number of likely N-dealkylation sites (tertiary alicyclic amines) is 1. The molecule has 1 spiro atoms. The lowest BCUT2D eigenvalue weighted by molar-refractivity contribution is -0.122. The fraction of sp³-hybridized carbons (Fsp3) is 0.348. The summed E-state index contributed by atoms with van der Waals surface area (Å²) < 4.78 is 6.68. The van der Waals surface area contributed by atoms with Gasteiger partial charge in [-0.3, -0.25) is 9.89 Å². The Morgan fingerprint density at radius 3 is 2.54 bits per heavy atom. The lowest BCUT2D eigenvalue weighted by Crippen LogP contribution is -2.65. The van der Waals surface area contributed by atoms with E-state index in [4.69, 9.17) is 9.73 Å². The van der Waals surface area contributed by atoms with Gasteiger partial charge < -0.3 is 4.74 Å². The quantitative estimate of drug-likeness (QED) is 0.501. The number of nitrogens with zero attached hydrogens (tertiary/aromatic N) is 2. The molecule has 0 aliphatic carbocycles. The number of piperidine rings is 1. The molecule has 0 radical (unpaired) electrons. The molecule has 2 heterocycles. The molecule has 0 bridgehead atoms. The van der Waals surface area contributed by atoms with Gasteiger partial charge in [0, 0.05) is 17.3 Å². The average Bonchev–Trinajstić information content (AvgIpc) is 2.64. The minimum Gasteiger partial charge on any atom is -0.464 e. The number of hydrogen-bond donors (Lipinski definition) is 0. The summed E-state index contributed by atoms with van der Waals surface area (Å²) in [6.45, 7) is 5.60. The number of rotatable bonds is 0. The largest absolute Gasteiger partial charge is 0.464 e. The second-order valence-electron chi connectivity index (χ2n) is 8.30. The highest BCUT2D eigenvalue weighted by Crippen LogP contribution is 2.49. The Kier molecular flexibility index (Phi) is 3.23. The van der Waals surface area contributed by atoms with E-state index < -0.39 is 5.72 Å². The minimum absolute atomic E-state index is 0.0134. The zero-order valence-corrected chi connectivity index (χ0v) is 15.6. The Morgan fingerprint density at radius 2 is 1.77 bits per heavy atom. The van der Waals surface area contributed by atoms with E-state index in [0.29, 0.717) is 0 Å². The third-order valence-corrected chi connectivity index (χ3v) is 6.29. The van der Waals surface area contributed by atoms with E-state index in [1.165, 1.54) is 22.6 Å². The van der Waals surface area contributed by atoms with Crippen molar-refractivity contribution in [3.05, 3.63) is 48.5 Å². The molecular formula is C23H24N2O. The van der Waals surface area contributed by atoms with Crippen LogP contribution in [0.2, 0.25) is 0 Å². The van der Waals surface area contributed by atoms with Crippen molar-refractivity contribution in [1.29, 1.82) is 0 Å². The Hall–Kier alpha value is -2.39. The van der Waals surface area contributed by atoms with Crippen molar-refractivity contribution >= 4 is 33.4 Å². The minimum atomic E-state index is -0.469. The summed E-state index contributed by atoms with van der Waals surface area (Å²) in [6.07, 6.45) is 4.37. The van der Waals surface area contributed by atoms with Crippen LogP contribution in [0.25, 0.3) is 21.5 Å². The van der Waals surface area contributed by atoms with Gasteiger partial charge >= 0.3 is 0 Å². The number of fused-ring (bicyclic) bond motifs is 4. The fourth-order valence-corrected chi connectivity index (χ4v) is 4.65. The van der Waals surface area contributed by atoms with Crippen LogP contribution in [-0.4, -0.2) is 30.4 Å². The molecule has 2 aliphatic rings. The monoisotopic (exact) mass is 344 g/mol. The van der Waals surface area contributed by atoms with E-state index in [-0.39, 0.29) is 5.41 Å². The highest BCUT2D eigenvalue weighted by molar-refractivity contribution is 6.05. The summed E-state index contributed by atoms with van der Waals surface area (Å²) in [6, 6.07) is 17.2. The molecule has 3 heteroatoms. The SMILES string of the molecule is CN1CCCC(C)(C)C12C=Nc1c(ccc3cc4ccccc4cc13)O2. The normalized spacial score (nSPS) is 24.7. The molecule has 3 aromatic rings. The first-order chi connectivity index (χ1) is 12.5. The summed E-state index contributed by atoms with van der Waals surface area (Å²) >= 11 is 0. The summed E-state index contributed by atoms with van der Waals surface area (Å²) in [7, 11) is 2.15. The van der Waals surface area contributed by atoms with Crippen LogP contribution in [0.4, 0.5) is 5.69 Å². The van der Waals surface area contributed by atoms with E-state index >= 15 is 0 Å². The molecule has 1 atom stereocenters. The molecule has 5 rings (SSSR count). The number of ether oxygens (including phenoxy) is 1. The van der Waals surface area contributed by atoms with Gasteiger partial charge in [0.2, 0.25) is 5.72 Å². The van der Waals surface area contributed by atoms with Crippen molar-refractivity contribution in [1.82, 2.24) is 4.90 Å². The van der Waals surface area contributed by atoms with Crippen molar-refractivity contribution in [2.45, 2.75) is 32.4 Å². The summed E-state index contributed by atoms with van der Waals surface area (Å²) in [4.78, 5) is 7.27. The van der Waals surface area contributed by atoms with Crippen LogP contribution in [0.3, 0.4) is 0 Å². The molecule has 26 heavy (non-hydrogen) atoms. The van der Waals surface area contributed by atoms with Gasteiger partial charge in [-0.1, -0.05) is 44.2 Å². The molecule has 1 fully saturated rings. The summed E-state index contributed by atoms with van der Waals surface area (Å²) in [5.74, 6) is 0.886. The predicted molar refractivity (Wildman–Crippen MR) is 109 cm³/mol. The highest BCUT2D eigenvalue weighted by Gasteiger charge is 2.53. The van der Waals surface area contributed by atoms with Gasteiger partial charge in [0.05, 0.1) is 6.21 Å². The molecule has 3 nitrogen and oxygen atoms in total. The molecule has 1 unspecified atom stereocenters. The van der Waals surface area contributed by atoms with Crippen molar-refractivity contribution in [3.63, 3.8) is 0 Å². The van der Waals surface area contributed by atoms with Crippen LogP contribution in [0.15, 0.2) is 53.5 Å². The summed E-state index contributed by atoms with van der Waals surface area (Å²) in [5.41, 5.74) is 0.496. The fourth-order valence-electron chi connectivity index (χ4n) is 4.65. The van der Waals surface area contributed by atoms with Gasteiger partial charge in [0.1, 0.15) is 11.4 Å². The Bertz CT molecular complexity index is 1050. The van der Waals surface area contributed by atoms with Crippen molar-refractivity contribution in [2.24, 2.45) is 10.4 Å². The smallest absolute Gasteiger partial charge is 0.204 e.